The van der Waals surface area contributed by atoms with Crippen LogP contribution in [0.4, 0.5) is 0 Å². The number of carbonyl (C=O) groups excluding carboxylic acids is 1. The average Bonchev–Trinajstić information content (AvgIpc) is 3.40. The van der Waals surface area contributed by atoms with Crippen LogP contribution in [0.3, 0.4) is 0 Å². The van der Waals surface area contributed by atoms with E-state index < -0.39 is 46.9 Å². The smallest absolute Gasteiger partial charge is 0.329 e. The lowest BCUT2D eigenvalue weighted by Gasteiger charge is -2.37. The number of hydrogen-bond acceptors (Lipinski definition) is 7. The lowest BCUT2D eigenvalue weighted by molar-refractivity contribution is -0.174. The van der Waals surface area contributed by atoms with E-state index in [-0.39, 0.29) is 23.8 Å². The lowest BCUT2D eigenvalue weighted by Crippen LogP contribution is -2.55. The molecule has 2 aromatic carbocycles. The molecular weight excluding hydrogens is 658 g/mol. The number of thiophene rings is 1. The Balaban J connectivity index is 1.64. The van der Waals surface area contributed by atoms with Gasteiger partial charge < -0.3 is 14.2 Å². The fraction of sp³-hybridized carbons (Fsp3) is 0.514. The molecule has 3 atom stereocenters. The van der Waals surface area contributed by atoms with Crippen LogP contribution in [0.2, 0.25) is 30.7 Å². The molecule has 7 nitrogen and oxygen atoms in total. The van der Waals surface area contributed by atoms with Crippen LogP contribution in [0.5, 0.6) is 0 Å². The summed E-state index contributed by atoms with van der Waals surface area (Å²) in [4.78, 5) is 15.5. The van der Waals surface area contributed by atoms with Crippen molar-refractivity contribution in [2.24, 2.45) is 0 Å². The van der Waals surface area contributed by atoms with E-state index in [1.54, 1.807) is 18.2 Å². The number of benzene rings is 2. The number of nitrogens with zero attached hydrogens (tertiary/aromatic N) is 1. The molecule has 2 aliphatic rings. The molecule has 1 aromatic heterocycles. The first-order chi connectivity index (χ1) is 21.6. The summed E-state index contributed by atoms with van der Waals surface area (Å²) in [7, 11) is -5.95. The van der Waals surface area contributed by atoms with E-state index in [0.29, 0.717) is 17.7 Å². The predicted molar refractivity (Wildman–Crippen MR) is 188 cm³/mol. The third-order valence-corrected chi connectivity index (χ3v) is 14.2. The third-order valence-electron chi connectivity index (χ3n) is 8.69. The van der Waals surface area contributed by atoms with Crippen LogP contribution in [0.1, 0.15) is 52.0 Å². The van der Waals surface area contributed by atoms with Crippen molar-refractivity contribution >= 4 is 47.0 Å². The highest BCUT2D eigenvalue weighted by Crippen LogP contribution is 2.64. The minimum atomic E-state index is -4.18. The predicted octanol–water partition coefficient (Wildman–Crippen LogP) is 8.36. The van der Waals surface area contributed by atoms with E-state index in [4.69, 9.17) is 25.8 Å². The van der Waals surface area contributed by atoms with Crippen LogP contribution in [0.25, 0.3) is 10.4 Å². The highest BCUT2D eigenvalue weighted by molar-refractivity contribution is 7.91. The number of halogens is 1. The van der Waals surface area contributed by atoms with Crippen LogP contribution in [-0.2, 0) is 34.4 Å². The van der Waals surface area contributed by atoms with Crippen molar-refractivity contribution in [1.82, 2.24) is 4.31 Å². The first-order valence-electron chi connectivity index (χ1n) is 16.0. The van der Waals surface area contributed by atoms with E-state index in [2.05, 4.69) is 19.6 Å². The van der Waals surface area contributed by atoms with E-state index in [9.17, 15) is 13.2 Å². The fourth-order valence-corrected chi connectivity index (χ4v) is 10.6. The molecule has 0 amide bonds. The van der Waals surface area contributed by atoms with Gasteiger partial charge in [-0.25, -0.2) is 13.2 Å². The van der Waals surface area contributed by atoms with Crippen LogP contribution < -0.4 is 0 Å². The zero-order valence-corrected chi connectivity index (χ0v) is 31.1. The van der Waals surface area contributed by atoms with Gasteiger partial charge in [0.2, 0.25) is 0 Å². The summed E-state index contributed by atoms with van der Waals surface area (Å²) >= 11 is 7.31. The van der Waals surface area contributed by atoms with Gasteiger partial charge in [0.05, 0.1) is 12.0 Å². The van der Waals surface area contributed by atoms with Gasteiger partial charge in [-0.15, -0.1) is 11.3 Å². The molecule has 2 fully saturated rings. The Kier molecular flexibility index (Phi) is 10.3. The molecule has 0 radical (unpaired) electrons. The number of carbonyl (C=O) groups is 1. The van der Waals surface area contributed by atoms with Gasteiger partial charge in [-0.3, -0.25) is 0 Å². The minimum absolute atomic E-state index is 0.125. The molecule has 0 N–H and O–H groups in total. The SMILES string of the molecule is CC(C)(C)OC(=O)[C@@]1(N(CC[Si](C)(C)C)S(=O)(=O)c2ccc(-c3ccc(Cl)cc3)s2)C[C@@]1(COC1CCCCO1)c1ccccc1. The molecule has 1 aliphatic carbocycles. The van der Waals surface area contributed by atoms with Gasteiger partial charge in [-0.1, -0.05) is 73.7 Å². The molecule has 250 valence electrons. The molecule has 1 unspecified atom stereocenters. The largest absolute Gasteiger partial charge is 0.459 e. The quantitative estimate of drug-likeness (QED) is 0.139. The summed E-state index contributed by atoms with van der Waals surface area (Å²) in [5, 5.41) is 0.608. The Morgan fingerprint density at radius 2 is 1.74 bits per heavy atom. The van der Waals surface area contributed by atoms with Crippen LogP contribution >= 0.6 is 22.9 Å². The van der Waals surface area contributed by atoms with Gasteiger partial charge >= 0.3 is 5.97 Å². The maximum Gasteiger partial charge on any atom is 0.329 e. The topological polar surface area (TPSA) is 82.1 Å². The molecular formula is C35H46ClNO6S2Si. The second-order valence-electron chi connectivity index (χ2n) is 14.6. The molecule has 1 saturated heterocycles. The summed E-state index contributed by atoms with van der Waals surface area (Å²) in [6, 6.07) is 21.2. The molecule has 11 heteroatoms. The Hall–Kier alpha value is -2.05. The van der Waals surface area contributed by atoms with E-state index in [1.165, 1.54) is 15.6 Å². The summed E-state index contributed by atoms with van der Waals surface area (Å²) in [6.07, 6.45) is 2.56. The second kappa shape index (κ2) is 13.5. The standard InChI is InChI=1S/C35H46ClNO6S2Si/c1-33(2,3)43-32(38)35(24-34(35,27-12-8-7-9-13-27)25-42-30-14-10-11-22-41-30)37(21-23-46(4,5)6)45(39,40)31-20-19-29(44-31)26-15-17-28(36)18-16-26/h7-9,12-13,15-20,30H,10-11,14,21-25H2,1-6H3/t30?,34-,35+/m1/s1. The van der Waals surface area contributed by atoms with E-state index >= 15 is 0 Å². The summed E-state index contributed by atoms with van der Waals surface area (Å²) in [6.45, 7) is 13.0. The zero-order valence-electron chi connectivity index (χ0n) is 27.7. The number of esters is 1. The van der Waals surface area contributed by atoms with Crippen LogP contribution in [0.15, 0.2) is 70.9 Å². The van der Waals surface area contributed by atoms with Gasteiger partial charge in [-0.05, 0) is 87.9 Å². The number of rotatable bonds is 12. The maximum absolute atomic E-state index is 15.0. The Morgan fingerprint density at radius 1 is 1.04 bits per heavy atom. The Bertz CT molecular complexity index is 1610. The van der Waals surface area contributed by atoms with Crippen molar-refractivity contribution in [2.45, 2.75) is 99.2 Å². The first-order valence-corrected chi connectivity index (χ1v) is 22.3. The van der Waals surface area contributed by atoms with Gasteiger partial charge in [0.15, 0.2) is 6.29 Å². The van der Waals surface area contributed by atoms with Crippen molar-refractivity contribution in [3.05, 3.63) is 77.3 Å². The minimum Gasteiger partial charge on any atom is -0.459 e. The zero-order chi connectivity index (χ0) is 33.4. The number of ether oxygens (including phenoxy) is 3. The normalized spacial score (nSPS) is 23.8. The van der Waals surface area contributed by atoms with Crippen molar-refractivity contribution in [3.8, 4) is 10.4 Å². The van der Waals surface area contributed by atoms with Gasteiger partial charge in [0.25, 0.3) is 10.0 Å². The highest BCUT2D eigenvalue weighted by atomic mass is 35.5. The lowest BCUT2D eigenvalue weighted by atomic mass is 9.90. The fourth-order valence-electron chi connectivity index (χ4n) is 6.17. The monoisotopic (exact) mass is 703 g/mol. The number of sulfonamides is 1. The van der Waals surface area contributed by atoms with Crippen molar-refractivity contribution in [1.29, 1.82) is 0 Å². The van der Waals surface area contributed by atoms with E-state index in [0.717, 1.165) is 35.3 Å². The molecule has 0 bridgehead atoms. The summed E-state index contributed by atoms with van der Waals surface area (Å²) in [5.74, 6) is -0.550. The molecule has 1 aliphatic heterocycles. The average molecular weight is 704 g/mol. The molecule has 1 saturated carbocycles. The molecule has 2 heterocycles. The molecule has 3 aromatic rings. The van der Waals surface area contributed by atoms with Crippen molar-refractivity contribution in [3.63, 3.8) is 0 Å². The maximum atomic E-state index is 15.0. The van der Waals surface area contributed by atoms with Gasteiger partial charge in [0.1, 0.15) is 15.3 Å². The Morgan fingerprint density at radius 3 is 2.35 bits per heavy atom. The molecule has 46 heavy (non-hydrogen) atoms. The first kappa shape index (κ1) is 35.3. The highest BCUT2D eigenvalue weighted by Gasteiger charge is 2.79. The summed E-state index contributed by atoms with van der Waals surface area (Å²) in [5.41, 5.74) is -1.60. The second-order valence-corrected chi connectivity index (χ2v) is 23.8. The molecule has 0 spiro atoms. The Labute approximate surface area is 284 Å². The third kappa shape index (κ3) is 7.48. The summed E-state index contributed by atoms with van der Waals surface area (Å²) < 4.78 is 50.1. The molecule has 5 rings (SSSR count). The van der Waals surface area contributed by atoms with Gasteiger partial charge in [-0.2, -0.15) is 4.31 Å². The van der Waals surface area contributed by atoms with Crippen LogP contribution in [-0.4, -0.2) is 64.0 Å². The van der Waals surface area contributed by atoms with Crippen molar-refractivity contribution < 1.29 is 27.4 Å². The van der Waals surface area contributed by atoms with E-state index in [1.807, 2.05) is 69.3 Å². The van der Waals surface area contributed by atoms with Crippen LogP contribution in [0, 0.1) is 0 Å². The van der Waals surface area contributed by atoms with Gasteiger partial charge in [0, 0.05) is 31.1 Å². The van der Waals surface area contributed by atoms with Crippen molar-refractivity contribution in [2.75, 3.05) is 19.8 Å². The number of hydrogen-bond donors (Lipinski definition) is 0.